The third-order valence-corrected chi connectivity index (χ3v) is 2.71. The van der Waals surface area contributed by atoms with E-state index < -0.39 is 0 Å². The molecule has 2 nitrogen and oxygen atoms in total. The summed E-state index contributed by atoms with van der Waals surface area (Å²) in [5.41, 5.74) is 0. The Labute approximate surface area is 103 Å². The van der Waals surface area contributed by atoms with Crippen LogP contribution in [0.5, 0.6) is 0 Å². The van der Waals surface area contributed by atoms with E-state index in [1.807, 2.05) is 0 Å². The standard InChI is InChI=1S/C14H32N2/c1-13(2)15-11-9-7-5-6-8-10-12-16-14(3)4/h13-16H,5-12H2,1-4H3. The summed E-state index contributed by atoms with van der Waals surface area (Å²) in [6, 6.07) is 1.28. The zero-order valence-electron chi connectivity index (χ0n) is 11.8. The highest BCUT2D eigenvalue weighted by Crippen LogP contribution is 2.04. The van der Waals surface area contributed by atoms with Crippen LogP contribution in [0.2, 0.25) is 0 Å². The van der Waals surface area contributed by atoms with Gasteiger partial charge in [-0.25, -0.2) is 0 Å². The van der Waals surface area contributed by atoms with Gasteiger partial charge in [0.2, 0.25) is 0 Å². The molecule has 0 aromatic carbocycles. The molecule has 0 aromatic rings. The Balaban J connectivity index is 2.93. The van der Waals surface area contributed by atoms with Gasteiger partial charge in [0.25, 0.3) is 0 Å². The molecule has 0 heterocycles. The highest BCUT2D eigenvalue weighted by Gasteiger charge is 1.94. The maximum atomic E-state index is 3.46. The Morgan fingerprint density at radius 2 is 0.875 bits per heavy atom. The van der Waals surface area contributed by atoms with Gasteiger partial charge in [0.15, 0.2) is 0 Å². The molecule has 0 bridgehead atoms. The fraction of sp³-hybridized carbons (Fsp3) is 1.00. The van der Waals surface area contributed by atoms with Crippen molar-refractivity contribution in [2.24, 2.45) is 0 Å². The van der Waals surface area contributed by atoms with E-state index in [2.05, 4.69) is 38.3 Å². The Morgan fingerprint density at radius 1 is 0.562 bits per heavy atom. The first-order chi connectivity index (χ1) is 7.63. The van der Waals surface area contributed by atoms with Gasteiger partial charge in [0.1, 0.15) is 0 Å². The second kappa shape index (κ2) is 11.4. The largest absolute Gasteiger partial charge is 0.315 e. The second-order valence-electron chi connectivity index (χ2n) is 5.34. The number of nitrogens with one attached hydrogen (secondary N) is 2. The van der Waals surface area contributed by atoms with Crippen molar-refractivity contribution >= 4 is 0 Å². The van der Waals surface area contributed by atoms with Crippen LogP contribution in [0.25, 0.3) is 0 Å². The van der Waals surface area contributed by atoms with Gasteiger partial charge in [-0.1, -0.05) is 53.4 Å². The number of unbranched alkanes of at least 4 members (excludes halogenated alkanes) is 5. The van der Waals surface area contributed by atoms with Crippen LogP contribution in [0.3, 0.4) is 0 Å². The van der Waals surface area contributed by atoms with Crippen molar-refractivity contribution in [1.82, 2.24) is 10.6 Å². The van der Waals surface area contributed by atoms with Gasteiger partial charge in [-0.2, -0.15) is 0 Å². The zero-order valence-corrected chi connectivity index (χ0v) is 11.8. The lowest BCUT2D eigenvalue weighted by Gasteiger charge is -2.08. The van der Waals surface area contributed by atoms with Gasteiger partial charge in [-0.3, -0.25) is 0 Å². The molecule has 0 amide bonds. The lowest BCUT2D eigenvalue weighted by Crippen LogP contribution is -2.23. The Kier molecular flexibility index (Phi) is 11.3. The summed E-state index contributed by atoms with van der Waals surface area (Å²) < 4.78 is 0. The number of rotatable bonds is 11. The van der Waals surface area contributed by atoms with Gasteiger partial charge in [-0.15, -0.1) is 0 Å². The van der Waals surface area contributed by atoms with E-state index in [-0.39, 0.29) is 0 Å². The van der Waals surface area contributed by atoms with E-state index >= 15 is 0 Å². The molecule has 0 aromatic heterocycles. The predicted octanol–water partition coefficient (Wildman–Crippen LogP) is 3.32. The van der Waals surface area contributed by atoms with Gasteiger partial charge >= 0.3 is 0 Å². The molecule has 2 heteroatoms. The third-order valence-electron chi connectivity index (χ3n) is 2.71. The molecular weight excluding hydrogens is 196 g/mol. The summed E-state index contributed by atoms with van der Waals surface area (Å²) in [5.74, 6) is 0. The first kappa shape index (κ1) is 15.9. The summed E-state index contributed by atoms with van der Waals surface area (Å²) in [6.45, 7) is 11.2. The molecule has 0 aliphatic carbocycles. The van der Waals surface area contributed by atoms with Gasteiger partial charge in [0.05, 0.1) is 0 Å². The van der Waals surface area contributed by atoms with Crippen LogP contribution in [-0.2, 0) is 0 Å². The predicted molar refractivity (Wildman–Crippen MR) is 74.0 cm³/mol. The summed E-state index contributed by atoms with van der Waals surface area (Å²) in [6.07, 6.45) is 8.25. The highest BCUT2D eigenvalue weighted by molar-refractivity contribution is 4.55. The summed E-state index contributed by atoms with van der Waals surface area (Å²) in [4.78, 5) is 0. The SMILES string of the molecule is CC(C)NCCCCCCCCNC(C)C. The molecule has 0 saturated carbocycles. The fourth-order valence-electron chi connectivity index (χ4n) is 1.74. The first-order valence-electron chi connectivity index (χ1n) is 7.09. The van der Waals surface area contributed by atoms with E-state index in [9.17, 15) is 0 Å². The first-order valence-corrected chi connectivity index (χ1v) is 7.09. The van der Waals surface area contributed by atoms with Crippen LogP contribution < -0.4 is 10.6 Å². The van der Waals surface area contributed by atoms with Gasteiger partial charge < -0.3 is 10.6 Å². The van der Waals surface area contributed by atoms with Crippen LogP contribution >= 0.6 is 0 Å². The average Bonchev–Trinajstić information content (AvgIpc) is 2.20. The minimum Gasteiger partial charge on any atom is -0.315 e. The van der Waals surface area contributed by atoms with Crippen LogP contribution in [0.1, 0.15) is 66.2 Å². The van der Waals surface area contributed by atoms with Crippen molar-refractivity contribution in [3.05, 3.63) is 0 Å². The monoisotopic (exact) mass is 228 g/mol. The summed E-state index contributed by atoms with van der Waals surface area (Å²) in [7, 11) is 0. The molecule has 98 valence electrons. The topological polar surface area (TPSA) is 24.1 Å². The van der Waals surface area contributed by atoms with Crippen molar-refractivity contribution in [2.45, 2.75) is 78.3 Å². The van der Waals surface area contributed by atoms with Crippen molar-refractivity contribution in [2.75, 3.05) is 13.1 Å². The Hall–Kier alpha value is -0.0800. The van der Waals surface area contributed by atoms with E-state index in [1.165, 1.54) is 51.6 Å². The van der Waals surface area contributed by atoms with Crippen molar-refractivity contribution in [3.63, 3.8) is 0 Å². The minimum atomic E-state index is 0.641. The molecule has 0 spiro atoms. The molecule has 0 atom stereocenters. The quantitative estimate of drug-likeness (QED) is 0.530. The van der Waals surface area contributed by atoms with Crippen molar-refractivity contribution in [1.29, 1.82) is 0 Å². The summed E-state index contributed by atoms with van der Waals surface area (Å²) in [5, 5.41) is 6.92. The van der Waals surface area contributed by atoms with Crippen LogP contribution in [0.4, 0.5) is 0 Å². The van der Waals surface area contributed by atoms with Crippen LogP contribution in [0, 0.1) is 0 Å². The van der Waals surface area contributed by atoms with Gasteiger partial charge in [-0.05, 0) is 25.9 Å². The molecule has 0 fully saturated rings. The molecule has 0 unspecified atom stereocenters. The normalized spacial score (nSPS) is 11.6. The number of hydrogen-bond acceptors (Lipinski definition) is 2. The Bertz CT molecular complexity index is 117. The lowest BCUT2D eigenvalue weighted by molar-refractivity contribution is 0.516. The maximum Gasteiger partial charge on any atom is 0.00103 e. The average molecular weight is 228 g/mol. The molecule has 0 aliphatic heterocycles. The summed E-state index contributed by atoms with van der Waals surface area (Å²) >= 11 is 0. The van der Waals surface area contributed by atoms with Crippen LogP contribution in [0.15, 0.2) is 0 Å². The fourth-order valence-corrected chi connectivity index (χ4v) is 1.74. The third kappa shape index (κ3) is 13.9. The zero-order chi connectivity index (χ0) is 12.2. The molecule has 16 heavy (non-hydrogen) atoms. The maximum absolute atomic E-state index is 3.46. The molecule has 0 aliphatic rings. The van der Waals surface area contributed by atoms with E-state index in [0.717, 1.165) is 0 Å². The molecular formula is C14H32N2. The molecule has 0 saturated heterocycles. The second-order valence-corrected chi connectivity index (χ2v) is 5.34. The highest BCUT2D eigenvalue weighted by atomic mass is 14.9. The van der Waals surface area contributed by atoms with Crippen molar-refractivity contribution in [3.8, 4) is 0 Å². The Morgan fingerprint density at radius 3 is 1.19 bits per heavy atom. The molecule has 0 rings (SSSR count). The molecule has 2 N–H and O–H groups in total. The van der Waals surface area contributed by atoms with Gasteiger partial charge in [0, 0.05) is 12.1 Å². The minimum absolute atomic E-state index is 0.641. The van der Waals surface area contributed by atoms with E-state index in [0.29, 0.717) is 12.1 Å². The number of hydrogen-bond donors (Lipinski definition) is 2. The molecule has 0 radical (unpaired) electrons. The van der Waals surface area contributed by atoms with E-state index in [1.54, 1.807) is 0 Å². The smallest absolute Gasteiger partial charge is 0.00103 e. The van der Waals surface area contributed by atoms with Crippen molar-refractivity contribution < 1.29 is 0 Å². The lowest BCUT2D eigenvalue weighted by atomic mass is 10.1. The van der Waals surface area contributed by atoms with Crippen LogP contribution in [-0.4, -0.2) is 25.2 Å². The van der Waals surface area contributed by atoms with E-state index in [4.69, 9.17) is 0 Å².